The molecule has 0 spiro atoms. The van der Waals surface area contributed by atoms with Gasteiger partial charge in [0.2, 0.25) is 0 Å². The highest BCUT2D eigenvalue weighted by atomic mass is 16.3. The van der Waals surface area contributed by atoms with E-state index in [1.165, 1.54) is 39.9 Å². The number of hydrogen-bond donors (Lipinski definition) is 2. The van der Waals surface area contributed by atoms with E-state index in [1.807, 2.05) is 25.0 Å². The Balaban J connectivity index is 1.12. The van der Waals surface area contributed by atoms with Crippen molar-refractivity contribution < 1.29 is 10.2 Å². The Morgan fingerprint density at radius 3 is 2.18 bits per heavy atom. The smallest absolute Gasteiger partial charge is 0.0956 e. The van der Waals surface area contributed by atoms with Crippen molar-refractivity contribution in [3.8, 4) is 22.5 Å². The van der Waals surface area contributed by atoms with E-state index in [1.54, 1.807) is 0 Å². The van der Waals surface area contributed by atoms with Crippen molar-refractivity contribution in [1.82, 2.24) is 19.1 Å². The van der Waals surface area contributed by atoms with Crippen molar-refractivity contribution in [1.29, 1.82) is 0 Å². The summed E-state index contributed by atoms with van der Waals surface area (Å²) >= 11 is 0. The van der Waals surface area contributed by atoms with Gasteiger partial charge in [-0.1, -0.05) is 55.3 Å². The number of nitrogens with zero attached hydrogens (tertiary/aromatic N) is 4. The molecule has 1 unspecified atom stereocenters. The molecule has 4 aromatic rings. The second-order valence-corrected chi connectivity index (χ2v) is 11.9. The largest absolute Gasteiger partial charge is 0.393 e. The van der Waals surface area contributed by atoms with E-state index in [0.29, 0.717) is 5.92 Å². The van der Waals surface area contributed by atoms with Crippen LogP contribution in [0, 0.1) is 11.8 Å². The summed E-state index contributed by atoms with van der Waals surface area (Å²) in [6.07, 6.45) is 14.2. The second kappa shape index (κ2) is 8.65. The molecule has 6 nitrogen and oxygen atoms in total. The molecule has 2 fully saturated rings. The van der Waals surface area contributed by atoms with Crippen LogP contribution in [-0.2, 0) is 0 Å². The fraction of sp³-hybridized carbons (Fsp3) is 0.438. The van der Waals surface area contributed by atoms with Gasteiger partial charge < -0.3 is 19.3 Å². The number of imidazole rings is 2. The Kier molecular flexibility index (Phi) is 5.18. The summed E-state index contributed by atoms with van der Waals surface area (Å²) in [6.45, 7) is 0. The van der Waals surface area contributed by atoms with E-state index in [-0.39, 0.29) is 30.0 Å². The molecule has 0 amide bonds. The fourth-order valence-electron chi connectivity index (χ4n) is 8.42. The second-order valence-electron chi connectivity index (χ2n) is 11.9. The van der Waals surface area contributed by atoms with Crippen molar-refractivity contribution in [2.24, 2.45) is 11.8 Å². The number of benzene rings is 2. The summed E-state index contributed by atoms with van der Waals surface area (Å²) in [5, 5.41) is 22.6. The summed E-state index contributed by atoms with van der Waals surface area (Å²) in [6, 6.07) is 15.6. The number of aliphatic hydroxyl groups excluding tert-OH is 2. The van der Waals surface area contributed by atoms with Crippen LogP contribution in [0.25, 0.3) is 22.5 Å². The summed E-state index contributed by atoms with van der Waals surface area (Å²) < 4.78 is 4.59. The third kappa shape index (κ3) is 3.20. The van der Waals surface area contributed by atoms with Crippen molar-refractivity contribution in [2.45, 2.75) is 75.2 Å². The highest BCUT2D eigenvalue weighted by molar-refractivity contribution is 5.74. The van der Waals surface area contributed by atoms with Crippen LogP contribution in [0.4, 0.5) is 0 Å². The molecule has 0 radical (unpaired) electrons. The molecule has 4 heterocycles. The number of aliphatic hydroxyl groups is 2. The van der Waals surface area contributed by atoms with Gasteiger partial charge in [-0.05, 0) is 54.7 Å². The number of fused-ring (bicyclic) bond motifs is 6. The monoisotopic (exact) mass is 506 g/mol. The van der Waals surface area contributed by atoms with Crippen LogP contribution in [0.5, 0.6) is 0 Å². The van der Waals surface area contributed by atoms with Crippen LogP contribution in [0.2, 0.25) is 0 Å². The predicted molar refractivity (Wildman–Crippen MR) is 146 cm³/mol. The minimum atomic E-state index is -0.390. The van der Waals surface area contributed by atoms with E-state index in [2.05, 4.69) is 61.6 Å². The molecule has 38 heavy (non-hydrogen) atoms. The molecule has 2 saturated carbocycles. The Hall–Kier alpha value is -3.22. The third-order valence-corrected chi connectivity index (χ3v) is 10.1. The third-order valence-electron chi connectivity index (χ3n) is 10.1. The average molecular weight is 507 g/mol. The molecule has 6 heteroatoms. The minimum absolute atomic E-state index is 0.139. The first-order valence-electron chi connectivity index (χ1n) is 14.3. The topological polar surface area (TPSA) is 76.1 Å². The molecular formula is C32H34N4O2. The molecule has 194 valence electrons. The number of aromatic nitrogens is 4. The van der Waals surface area contributed by atoms with Crippen LogP contribution in [0.15, 0.2) is 67.5 Å². The minimum Gasteiger partial charge on any atom is -0.393 e. The lowest BCUT2D eigenvalue weighted by Gasteiger charge is -2.38. The van der Waals surface area contributed by atoms with Gasteiger partial charge in [-0.2, -0.15) is 0 Å². The lowest BCUT2D eigenvalue weighted by Crippen LogP contribution is -2.34. The highest BCUT2D eigenvalue weighted by Crippen LogP contribution is 2.53. The molecule has 2 aliphatic carbocycles. The lowest BCUT2D eigenvalue weighted by molar-refractivity contribution is 0.0418. The van der Waals surface area contributed by atoms with E-state index in [9.17, 15) is 10.2 Å². The van der Waals surface area contributed by atoms with Gasteiger partial charge in [0.05, 0.1) is 60.7 Å². The Labute approximate surface area is 223 Å². The van der Waals surface area contributed by atoms with Gasteiger partial charge in [0, 0.05) is 23.0 Å². The highest BCUT2D eigenvalue weighted by Gasteiger charge is 2.44. The summed E-state index contributed by atoms with van der Waals surface area (Å²) in [4.78, 5) is 8.98. The molecule has 4 aliphatic rings. The van der Waals surface area contributed by atoms with Gasteiger partial charge in [-0.15, -0.1) is 0 Å². The van der Waals surface area contributed by atoms with Gasteiger partial charge in [-0.3, -0.25) is 0 Å². The number of rotatable bonds is 3. The van der Waals surface area contributed by atoms with Crippen LogP contribution in [-0.4, -0.2) is 41.5 Å². The number of hydrogen-bond acceptors (Lipinski definition) is 4. The van der Waals surface area contributed by atoms with Crippen LogP contribution >= 0.6 is 0 Å². The first-order chi connectivity index (χ1) is 18.7. The molecule has 2 aliphatic heterocycles. The lowest BCUT2D eigenvalue weighted by atomic mass is 9.71. The van der Waals surface area contributed by atoms with E-state index in [4.69, 9.17) is 0 Å². The van der Waals surface area contributed by atoms with Gasteiger partial charge in [-0.25, -0.2) is 9.97 Å². The first-order valence-corrected chi connectivity index (χ1v) is 14.3. The molecule has 7 atom stereocenters. The van der Waals surface area contributed by atoms with Gasteiger partial charge in [0.1, 0.15) is 0 Å². The first kappa shape index (κ1) is 22.7. The standard InChI is InChI=1S/C32H34N4O2/c37-28-11-4-3-8-23(28)32-25-10-5-9-20(30(25)27-16-34-18-36(27)32)19-12-13-24(29(38)14-19)31-22-7-2-1-6-21(22)26-15-33-17-35(26)31/h1-2,5-7,9-10,15-19,23-24,28-29,31-32,37-38H,3-4,8,11-14H2/t19?,23-,24-,28-,29+,31-,32+/m1/s1. The maximum Gasteiger partial charge on any atom is 0.0956 e. The quantitative estimate of drug-likeness (QED) is 0.373. The normalized spacial score (nSPS) is 31.5. The van der Waals surface area contributed by atoms with Gasteiger partial charge in [0.25, 0.3) is 0 Å². The van der Waals surface area contributed by atoms with E-state index >= 15 is 0 Å². The van der Waals surface area contributed by atoms with Gasteiger partial charge in [0.15, 0.2) is 0 Å². The molecule has 2 N–H and O–H groups in total. The Bertz CT molecular complexity index is 1500. The molecule has 2 aromatic carbocycles. The molecule has 0 bridgehead atoms. The van der Waals surface area contributed by atoms with Crippen molar-refractivity contribution in [3.63, 3.8) is 0 Å². The summed E-state index contributed by atoms with van der Waals surface area (Å²) in [5.41, 5.74) is 8.85. The molecule has 0 saturated heterocycles. The summed E-state index contributed by atoms with van der Waals surface area (Å²) in [7, 11) is 0. The van der Waals surface area contributed by atoms with E-state index < -0.39 is 6.10 Å². The van der Waals surface area contributed by atoms with Crippen LogP contribution < -0.4 is 0 Å². The molecule has 8 rings (SSSR count). The molecular weight excluding hydrogens is 472 g/mol. The Morgan fingerprint density at radius 2 is 1.34 bits per heavy atom. The fourth-order valence-corrected chi connectivity index (χ4v) is 8.42. The zero-order valence-electron chi connectivity index (χ0n) is 21.5. The van der Waals surface area contributed by atoms with Crippen molar-refractivity contribution in [2.75, 3.05) is 0 Å². The van der Waals surface area contributed by atoms with Gasteiger partial charge >= 0.3 is 0 Å². The van der Waals surface area contributed by atoms with Crippen molar-refractivity contribution >= 4 is 0 Å². The molecule has 2 aromatic heterocycles. The zero-order valence-corrected chi connectivity index (χ0v) is 21.5. The van der Waals surface area contributed by atoms with E-state index in [0.717, 1.165) is 44.2 Å². The zero-order chi connectivity index (χ0) is 25.4. The van der Waals surface area contributed by atoms with Crippen molar-refractivity contribution in [3.05, 3.63) is 84.2 Å². The maximum atomic E-state index is 11.7. The maximum absolute atomic E-state index is 11.7. The SMILES string of the molecule is O[C@@H]1CCCC[C@H]1[C@H]1c2cccc(C3CC[C@@H]([C@H]4c5ccccc5-c5cncn54)[C@@H](O)C3)c2-c2cncn21. The predicted octanol–water partition coefficient (Wildman–Crippen LogP) is 5.72. The van der Waals surface area contributed by atoms with Crippen LogP contribution in [0.3, 0.4) is 0 Å². The summed E-state index contributed by atoms with van der Waals surface area (Å²) in [5.74, 6) is 0.685. The van der Waals surface area contributed by atoms with Crippen LogP contribution in [0.1, 0.15) is 79.6 Å². The average Bonchev–Trinajstić information content (AvgIpc) is 3.71. The Morgan fingerprint density at radius 1 is 0.658 bits per heavy atom.